The van der Waals surface area contributed by atoms with Gasteiger partial charge in [-0.15, -0.1) is 0 Å². The van der Waals surface area contributed by atoms with E-state index in [4.69, 9.17) is 14.2 Å². The van der Waals surface area contributed by atoms with Crippen LogP contribution < -0.4 is 18.9 Å². The molecule has 6 aromatic carbocycles. The molecule has 63 heavy (non-hydrogen) atoms. The molecule has 5 nitrogen and oxygen atoms in total. The third-order valence-electron chi connectivity index (χ3n) is 10.7. The van der Waals surface area contributed by atoms with Gasteiger partial charge in [-0.1, -0.05) is 113 Å². The van der Waals surface area contributed by atoms with Gasteiger partial charge < -0.3 is 23.7 Å². The SMILES string of the molecule is CC(C)(c1ccc(OC(F)(F)C(F)F)cc1)C(Cc1cccc(Oc2ccccc2)c1)OC(Cc1cccc(Oc2ccccc2)c1)C(C)(C)c1ccc(OC(F)(F)C(F)F)cc1. The van der Waals surface area contributed by atoms with Crippen molar-refractivity contribution in [3.63, 3.8) is 0 Å². The van der Waals surface area contributed by atoms with Crippen LogP contribution in [0.2, 0.25) is 0 Å². The van der Waals surface area contributed by atoms with Crippen molar-refractivity contribution >= 4 is 0 Å². The Morgan fingerprint density at radius 2 is 0.730 bits per heavy atom. The number of para-hydroxylation sites is 2. The van der Waals surface area contributed by atoms with E-state index in [1.165, 1.54) is 48.5 Å². The van der Waals surface area contributed by atoms with Crippen LogP contribution in [0.4, 0.5) is 35.1 Å². The van der Waals surface area contributed by atoms with Crippen LogP contribution in [0.1, 0.15) is 49.9 Å². The van der Waals surface area contributed by atoms with E-state index < -0.39 is 59.6 Å². The van der Waals surface area contributed by atoms with Gasteiger partial charge in [0.1, 0.15) is 34.5 Å². The lowest BCUT2D eigenvalue weighted by Crippen LogP contribution is -2.46. The van der Waals surface area contributed by atoms with Gasteiger partial charge in [0.2, 0.25) is 0 Å². The van der Waals surface area contributed by atoms with Crippen molar-refractivity contribution < 1.29 is 58.8 Å². The van der Waals surface area contributed by atoms with E-state index in [1.54, 1.807) is 0 Å². The van der Waals surface area contributed by atoms with E-state index >= 15 is 0 Å². The van der Waals surface area contributed by atoms with Crippen LogP contribution >= 0.6 is 0 Å². The van der Waals surface area contributed by atoms with Gasteiger partial charge in [-0.25, -0.2) is 0 Å². The maximum atomic E-state index is 13.9. The Morgan fingerprint density at radius 3 is 1.06 bits per heavy atom. The number of hydrogen-bond donors (Lipinski definition) is 0. The van der Waals surface area contributed by atoms with Gasteiger partial charge in [0.15, 0.2) is 0 Å². The second kappa shape index (κ2) is 19.5. The van der Waals surface area contributed by atoms with Crippen molar-refractivity contribution in [3.05, 3.63) is 180 Å². The summed E-state index contributed by atoms with van der Waals surface area (Å²) in [5, 5.41) is 0. The summed E-state index contributed by atoms with van der Waals surface area (Å²) in [5.74, 6) is 1.44. The third-order valence-corrected chi connectivity index (χ3v) is 10.7. The molecule has 0 aromatic heterocycles. The van der Waals surface area contributed by atoms with Crippen molar-refractivity contribution in [2.75, 3.05) is 0 Å². The average molecular weight is 879 g/mol. The van der Waals surface area contributed by atoms with Crippen LogP contribution in [0.5, 0.6) is 34.5 Å². The molecule has 0 aliphatic heterocycles. The summed E-state index contributed by atoms with van der Waals surface area (Å²) in [6, 6.07) is 44.1. The lowest BCUT2D eigenvalue weighted by molar-refractivity contribution is -0.253. The molecule has 0 heterocycles. The third kappa shape index (κ3) is 12.1. The summed E-state index contributed by atoms with van der Waals surface area (Å²) in [4.78, 5) is 0. The maximum absolute atomic E-state index is 13.9. The predicted octanol–water partition coefficient (Wildman–Crippen LogP) is 14.2. The van der Waals surface area contributed by atoms with E-state index in [1.807, 2.05) is 137 Å². The van der Waals surface area contributed by atoms with Crippen molar-refractivity contribution in [1.29, 1.82) is 0 Å². The molecule has 0 saturated carbocycles. The van der Waals surface area contributed by atoms with Crippen LogP contribution in [0, 0.1) is 0 Å². The van der Waals surface area contributed by atoms with E-state index in [0.29, 0.717) is 34.1 Å². The molecule has 2 atom stereocenters. The number of ether oxygens (including phenoxy) is 5. The Morgan fingerprint density at radius 1 is 0.397 bits per heavy atom. The Hall–Kier alpha value is -6.08. The highest BCUT2D eigenvalue weighted by atomic mass is 19.3. The highest BCUT2D eigenvalue weighted by molar-refractivity contribution is 5.39. The Kier molecular flexibility index (Phi) is 14.4. The Labute approximate surface area is 361 Å². The highest BCUT2D eigenvalue weighted by Crippen LogP contribution is 2.40. The number of alkyl halides is 8. The van der Waals surface area contributed by atoms with E-state index in [2.05, 4.69) is 9.47 Å². The second-order valence-corrected chi connectivity index (χ2v) is 16.1. The van der Waals surface area contributed by atoms with Crippen molar-refractivity contribution in [2.45, 2.75) is 88.6 Å². The summed E-state index contributed by atoms with van der Waals surface area (Å²) in [5.41, 5.74) is 0.987. The number of hydrogen-bond acceptors (Lipinski definition) is 5. The Balaban J connectivity index is 1.40. The fraction of sp³-hybridized carbons (Fsp3) is 0.280. The second-order valence-electron chi connectivity index (χ2n) is 16.1. The van der Waals surface area contributed by atoms with Gasteiger partial charge in [-0.2, -0.15) is 35.1 Å². The van der Waals surface area contributed by atoms with Crippen molar-refractivity contribution in [2.24, 2.45) is 0 Å². The smallest absolute Gasteiger partial charge is 0.457 e. The molecule has 0 radical (unpaired) electrons. The van der Waals surface area contributed by atoms with E-state index in [0.717, 1.165) is 11.1 Å². The summed E-state index contributed by atoms with van der Waals surface area (Å²) in [6.45, 7) is 7.61. The average Bonchev–Trinajstić information content (AvgIpc) is 3.24. The van der Waals surface area contributed by atoms with E-state index in [-0.39, 0.29) is 12.8 Å². The largest absolute Gasteiger partial charge is 0.461 e. The molecule has 6 aromatic rings. The van der Waals surface area contributed by atoms with Gasteiger partial charge in [0.25, 0.3) is 0 Å². The van der Waals surface area contributed by atoms with Gasteiger partial charge in [-0.3, -0.25) is 0 Å². The zero-order valence-corrected chi connectivity index (χ0v) is 34.8. The normalized spacial score (nSPS) is 13.4. The molecule has 332 valence electrons. The topological polar surface area (TPSA) is 46.2 Å². The lowest BCUT2D eigenvalue weighted by atomic mass is 9.74. The van der Waals surface area contributed by atoms with Gasteiger partial charge >= 0.3 is 25.1 Å². The molecule has 0 aliphatic rings. The molecule has 6 rings (SSSR count). The molecule has 13 heteroatoms. The van der Waals surface area contributed by atoms with Crippen LogP contribution in [-0.4, -0.2) is 37.3 Å². The number of halogens is 8. The minimum Gasteiger partial charge on any atom is -0.457 e. The van der Waals surface area contributed by atoms with Gasteiger partial charge in [0.05, 0.1) is 12.2 Å². The molecule has 0 N–H and O–H groups in total. The first-order valence-corrected chi connectivity index (χ1v) is 20.0. The fourth-order valence-electron chi connectivity index (χ4n) is 6.97. The first-order valence-electron chi connectivity index (χ1n) is 20.0. The minimum atomic E-state index is -4.70. The molecule has 0 fully saturated rings. The van der Waals surface area contributed by atoms with E-state index in [9.17, 15) is 35.1 Å². The molecular weight excluding hydrogens is 833 g/mol. The van der Waals surface area contributed by atoms with Gasteiger partial charge in [0, 0.05) is 10.8 Å². The van der Waals surface area contributed by atoms with Crippen LogP contribution in [0.25, 0.3) is 0 Å². The standard InChI is InChI=1S/C50H46F8O5/c1-47(2,35-21-25-39(26-22-35)62-49(55,56)45(51)52)43(31-33-13-11-19-41(29-33)59-37-15-7-5-8-16-37)61-44(32-34-14-12-20-42(30-34)60-38-17-9-6-10-18-38)48(3,4)36-23-27-40(28-24-36)63-50(57,58)46(53)54/h5-30,43-46H,31-32H2,1-4H3. The van der Waals surface area contributed by atoms with Crippen LogP contribution in [-0.2, 0) is 28.4 Å². The summed E-state index contributed by atoms with van der Waals surface area (Å²) in [7, 11) is 0. The molecule has 0 bridgehead atoms. The van der Waals surface area contributed by atoms with Crippen molar-refractivity contribution in [3.8, 4) is 34.5 Å². The molecule has 0 aliphatic carbocycles. The van der Waals surface area contributed by atoms with Crippen LogP contribution in [0.15, 0.2) is 158 Å². The summed E-state index contributed by atoms with van der Waals surface area (Å²) in [6.07, 6.45) is -18.3. The minimum absolute atomic E-state index is 0.278. The number of benzene rings is 6. The zero-order valence-electron chi connectivity index (χ0n) is 34.8. The van der Waals surface area contributed by atoms with Crippen molar-refractivity contribution in [1.82, 2.24) is 0 Å². The Bertz CT molecular complexity index is 2190. The van der Waals surface area contributed by atoms with Crippen LogP contribution in [0.3, 0.4) is 0 Å². The molecule has 0 spiro atoms. The predicted molar refractivity (Wildman–Crippen MR) is 224 cm³/mol. The maximum Gasteiger partial charge on any atom is 0.461 e. The molecule has 0 amide bonds. The fourth-order valence-corrected chi connectivity index (χ4v) is 6.97. The summed E-state index contributed by atoms with van der Waals surface area (Å²) < 4.78 is 136. The molecule has 2 unspecified atom stereocenters. The highest BCUT2D eigenvalue weighted by Gasteiger charge is 2.45. The lowest BCUT2D eigenvalue weighted by Gasteiger charge is -2.43. The first kappa shape index (κ1) is 46.4. The van der Waals surface area contributed by atoms with Gasteiger partial charge in [-0.05, 0) is 108 Å². The zero-order chi connectivity index (χ0) is 45.4. The number of rotatable bonds is 20. The molecular formula is C50H46F8O5. The monoisotopic (exact) mass is 878 g/mol. The molecule has 0 saturated heterocycles. The summed E-state index contributed by atoms with van der Waals surface area (Å²) >= 11 is 0. The quantitative estimate of drug-likeness (QED) is 0.0715. The first-order chi connectivity index (χ1) is 29.8.